The molecule has 0 atom stereocenters. The summed E-state index contributed by atoms with van der Waals surface area (Å²) in [6, 6.07) is 15.4. The van der Waals surface area contributed by atoms with Crippen molar-refractivity contribution in [2.75, 3.05) is 77.3 Å². The Hall–Kier alpha value is -4.88. The van der Waals surface area contributed by atoms with E-state index in [1.807, 2.05) is 0 Å². The van der Waals surface area contributed by atoms with E-state index in [2.05, 4.69) is 0 Å². The lowest BCUT2D eigenvalue weighted by atomic mass is 10.1. The van der Waals surface area contributed by atoms with E-state index in [0.717, 1.165) is 35.7 Å². The summed E-state index contributed by atoms with van der Waals surface area (Å²) in [6.45, 7) is 2.33. The van der Waals surface area contributed by atoms with Gasteiger partial charge in [0.25, 0.3) is 23.6 Å². The summed E-state index contributed by atoms with van der Waals surface area (Å²) in [6.07, 6.45) is -5.02. The van der Waals surface area contributed by atoms with Gasteiger partial charge in [-0.15, -0.1) is 0 Å². The van der Waals surface area contributed by atoms with Crippen LogP contribution in [0, 0.1) is 0 Å². The smallest absolute Gasteiger partial charge is 0.418 e. The maximum atomic E-state index is 14.5. The highest BCUT2D eigenvalue weighted by molar-refractivity contribution is 8.08. The van der Waals surface area contributed by atoms with Crippen molar-refractivity contribution in [3.8, 4) is 5.75 Å². The van der Waals surface area contributed by atoms with E-state index in [9.17, 15) is 37.1 Å². The summed E-state index contributed by atoms with van der Waals surface area (Å²) in [5, 5.41) is 8.70. The van der Waals surface area contributed by atoms with Crippen molar-refractivity contribution >= 4 is 58.8 Å². The zero-order chi connectivity index (χ0) is 39.1. The maximum Gasteiger partial charge on any atom is 0.418 e. The highest BCUT2D eigenvalue weighted by atomic mass is 32.2. The fourth-order valence-corrected chi connectivity index (χ4v) is 7.74. The number of benzene rings is 3. The van der Waals surface area contributed by atoms with Gasteiger partial charge >= 0.3 is 12.1 Å². The largest absolute Gasteiger partial charge is 0.491 e. The van der Waals surface area contributed by atoms with E-state index in [0.29, 0.717) is 84.5 Å². The molecule has 4 amide bonds. The van der Waals surface area contributed by atoms with Crippen LogP contribution in [0.5, 0.6) is 5.75 Å². The molecule has 13 nitrogen and oxygen atoms in total. The van der Waals surface area contributed by atoms with E-state index in [1.165, 1.54) is 0 Å². The average Bonchev–Trinajstić information content (AvgIpc) is 3.41. The van der Waals surface area contributed by atoms with Crippen LogP contribution < -0.4 is 9.64 Å². The number of aliphatic carboxylic acids is 1. The third kappa shape index (κ3) is 9.68. The van der Waals surface area contributed by atoms with Gasteiger partial charge in [-0.3, -0.25) is 19.2 Å². The molecule has 0 saturated carbocycles. The minimum atomic E-state index is -5.02. The SMILES string of the molecule is O=C(O)COCCOc1ccc(N2C(=O)C(Sc3ccc(C(=O)N4CCOCC4)cc3)=C(Sc3ccc(C(=O)N4CCOCC4)cc3)C2=O)c(C(F)(F)F)c1. The third-order valence-electron chi connectivity index (χ3n) is 8.48. The Morgan fingerprint density at radius 2 is 1.18 bits per heavy atom. The Kier molecular flexibility index (Phi) is 12.8. The van der Waals surface area contributed by atoms with Crippen LogP contribution in [0.15, 0.2) is 86.3 Å². The van der Waals surface area contributed by atoms with E-state index < -0.39 is 41.8 Å². The molecule has 3 aromatic rings. The first-order valence-electron chi connectivity index (χ1n) is 17.0. The number of hydrogen-bond acceptors (Lipinski definition) is 11. The van der Waals surface area contributed by atoms with Gasteiger partial charge in [-0.1, -0.05) is 23.5 Å². The molecule has 0 aliphatic carbocycles. The summed E-state index contributed by atoms with van der Waals surface area (Å²) in [7, 11) is 0. The third-order valence-corrected chi connectivity index (χ3v) is 10.8. The lowest BCUT2D eigenvalue weighted by Gasteiger charge is -2.26. The fourth-order valence-electron chi connectivity index (χ4n) is 5.76. The summed E-state index contributed by atoms with van der Waals surface area (Å²) >= 11 is 1.75. The minimum absolute atomic E-state index is 0.139. The number of thioether (sulfide) groups is 2. The van der Waals surface area contributed by atoms with E-state index >= 15 is 0 Å². The summed E-state index contributed by atoms with van der Waals surface area (Å²) < 4.78 is 64.4. The summed E-state index contributed by atoms with van der Waals surface area (Å²) in [5.41, 5.74) is -1.25. The van der Waals surface area contributed by atoms with Crippen LogP contribution in [-0.2, 0) is 34.8 Å². The maximum absolute atomic E-state index is 14.5. The molecule has 0 aromatic heterocycles. The van der Waals surface area contributed by atoms with Gasteiger partial charge in [0.05, 0.1) is 54.1 Å². The zero-order valence-electron chi connectivity index (χ0n) is 29.0. The van der Waals surface area contributed by atoms with Crippen molar-refractivity contribution in [2.24, 2.45) is 0 Å². The highest BCUT2D eigenvalue weighted by Crippen LogP contribution is 2.47. The minimum Gasteiger partial charge on any atom is -0.491 e. The molecule has 3 aromatic carbocycles. The second-order valence-electron chi connectivity index (χ2n) is 12.1. The predicted molar refractivity (Wildman–Crippen MR) is 193 cm³/mol. The number of anilines is 1. The Morgan fingerprint density at radius 3 is 1.62 bits per heavy atom. The standard InChI is InChI=1S/C37H34F3N3O10S2/c38-37(39,40)28-21-25(53-20-19-52-22-30(44)45)5-10-29(28)43-35(48)31(54-26-6-1-23(2-7-26)33(46)41-11-15-50-16-12-41)32(36(43)49)55-27-8-3-24(4-9-27)34(47)42-13-17-51-18-14-42/h1-10,21H,11-20,22H2,(H,44,45). The molecule has 3 aliphatic rings. The molecule has 290 valence electrons. The molecule has 3 heterocycles. The number of carboxylic acids is 1. The van der Waals surface area contributed by atoms with Crippen LogP contribution in [-0.4, -0.2) is 117 Å². The van der Waals surface area contributed by atoms with E-state index in [1.54, 1.807) is 58.3 Å². The van der Waals surface area contributed by atoms with Gasteiger partial charge in [0.2, 0.25) is 0 Å². The number of alkyl halides is 3. The Labute approximate surface area is 321 Å². The van der Waals surface area contributed by atoms with Gasteiger partial charge in [0, 0.05) is 47.1 Å². The first-order chi connectivity index (χ1) is 26.4. The van der Waals surface area contributed by atoms with Crippen molar-refractivity contribution in [2.45, 2.75) is 16.0 Å². The Balaban J connectivity index is 1.28. The van der Waals surface area contributed by atoms with E-state index in [4.69, 9.17) is 24.1 Å². The normalized spacial score (nSPS) is 16.5. The first-order valence-corrected chi connectivity index (χ1v) is 18.6. The van der Waals surface area contributed by atoms with Gasteiger partial charge < -0.3 is 33.9 Å². The summed E-state index contributed by atoms with van der Waals surface area (Å²) in [5.74, 6) is -3.87. The van der Waals surface area contributed by atoms with Crippen LogP contribution >= 0.6 is 23.5 Å². The van der Waals surface area contributed by atoms with Crippen molar-refractivity contribution in [1.82, 2.24) is 9.80 Å². The number of morpholine rings is 2. The van der Waals surface area contributed by atoms with Gasteiger partial charge in [-0.05, 0) is 66.7 Å². The zero-order valence-corrected chi connectivity index (χ0v) is 30.7. The second kappa shape index (κ2) is 17.7. The molecular formula is C37H34F3N3O10S2. The fraction of sp³-hybridized carbons (Fsp3) is 0.324. The molecule has 0 radical (unpaired) electrons. The molecule has 6 rings (SSSR count). The van der Waals surface area contributed by atoms with Gasteiger partial charge in [0.1, 0.15) is 19.0 Å². The molecule has 0 spiro atoms. The first kappa shape index (κ1) is 39.8. The van der Waals surface area contributed by atoms with Crippen molar-refractivity contribution in [3.63, 3.8) is 0 Å². The lowest BCUT2D eigenvalue weighted by molar-refractivity contribution is -0.142. The van der Waals surface area contributed by atoms with Gasteiger partial charge in [-0.25, -0.2) is 9.69 Å². The van der Waals surface area contributed by atoms with Crippen LogP contribution in [0.25, 0.3) is 0 Å². The molecule has 18 heteroatoms. The van der Waals surface area contributed by atoms with Crippen LogP contribution in [0.2, 0.25) is 0 Å². The monoisotopic (exact) mass is 801 g/mol. The number of amides is 4. The second-order valence-corrected chi connectivity index (χ2v) is 14.3. The Morgan fingerprint density at radius 1 is 0.709 bits per heavy atom. The molecular weight excluding hydrogens is 768 g/mol. The number of nitrogens with zero attached hydrogens (tertiary/aromatic N) is 3. The van der Waals surface area contributed by atoms with Crippen LogP contribution in [0.3, 0.4) is 0 Å². The molecule has 0 unspecified atom stereocenters. The number of carbonyl (C=O) groups excluding carboxylic acids is 4. The molecule has 2 fully saturated rings. The van der Waals surface area contributed by atoms with Crippen molar-refractivity contribution < 1.29 is 61.2 Å². The van der Waals surface area contributed by atoms with Crippen molar-refractivity contribution in [1.29, 1.82) is 0 Å². The average molecular weight is 802 g/mol. The quantitative estimate of drug-likeness (QED) is 0.187. The topological polar surface area (TPSA) is 152 Å². The molecule has 2 saturated heterocycles. The predicted octanol–water partition coefficient (Wildman–Crippen LogP) is 4.80. The van der Waals surface area contributed by atoms with Gasteiger partial charge in [0.15, 0.2) is 0 Å². The molecule has 3 aliphatic heterocycles. The molecule has 0 bridgehead atoms. The number of hydrogen-bond donors (Lipinski definition) is 1. The lowest BCUT2D eigenvalue weighted by Crippen LogP contribution is -2.40. The van der Waals surface area contributed by atoms with Crippen LogP contribution in [0.4, 0.5) is 18.9 Å². The number of carbonyl (C=O) groups is 5. The molecule has 1 N–H and O–H groups in total. The van der Waals surface area contributed by atoms with E-state index in [-0.39, 0.29) is 40.6 Å². The number of halogens is 3. The highest BCUT2D eigenvalue weighted by Gasteiger charge is 2.45. The van der Waals surface area contributed by atoms with Crippen LogP contribution in [0.1, 0.15) is 26.3 Å². The number of rotatable bonds is 13. The Bertz CT molecular complexity index is 1870. The number of imide groups is 1. The summed E-state index contributed by atoms with van der Waals surface area (Å²) in [4.78, 5) is 69.3. The van der Waals surface area contributed by atoms with Crippen molar-refractivity contribution in [3.05, 3.63) is 93.2 Å². The number of carboxylic acid groups (broad SMARTS) is 1. The number of ether oxygens (including phenoxy) is 4. The van der Waals surface area contributed by atoms with Gasteiger partial charge in [-0.2, -0.15) is 13.2 Å². The molecule has 55 heavy (non-hydrogen) atoms.